The summed E-state index contributed by atoms with van der Waals surface area (Å²) in [5.41, 5.74) is 8.34. The molecule has 68 valence electrons. The third-order valence-corrected chi connectivity index (χ3v) is 3.46. The molecule has 1 nitrogen and oxygen atoms in total. The Hall–Kier alpha value is -0.980. The van der Waals surface area contributed by atoms with Gasteiger partial charge in [-0.1, -0.05) is 18.2 Å². The van der Waals surface area contributed by atoms with Crippen molar-refractivity contribution in [3.05, 3.63) is 29.8 Å². The van der Waals surface area contributed by atoms with Crippen LogP contribution in [0.15, 0.2) is 24.3 Å². The van der Waals surface area contributed by atoms with Crippen LogP contribution in [0.1, 0.15) is 30.7 Å². The summed E-state index contributed by atoms with van der Waals surface area (Å²) < 4.78 is 0. The van der Waals surface area contributed by atoms with Gasteiger partial charge in [0.1, 0.15) is 0 Å². The third kappa shape index (κ3) is 1.23. The minimum Gasteiger partial charge on any atom is -0.398 e. The maximum absolute atomic E-state index is 5.94. The Balaban J connectivity index is 1.82. The molecule has 2 aliphatic rings. The minimum atomic E-state index is 0.800. The molecule has 1 aromatic rings. The van der Waals surface area contributed by atoms with Crippen molar-refractivity contribution in [3.63, 3.8) is 0 Å². The first kappa shape index (κ1) is 7.43. The molecule has 3 rings (SSSR count). The van der Waals surface area contributed by atoms with Gasteiger partial charge < -0.3 is 5.73 Å². The fourth-order valence-electron chi connectivity index (χ4n) is 2.47. The first-order valence-electron chi connectivity index (χ1n) is 5.20. The number of rotatable bonds is 2. The van der Waals surface area contributed by atoms with Crippen molar-refractivity contribution in [3.8, 4) is 0 Å². The summed E-state index contributed by atoms with van der Waals surface area (Å²) in [5, 5.41) is 0. The summed E-state index contributed by atoms with van der Waals surface area (Å²) in [7, 11) is 0. The van der Waals surface area contributed by atoms with E-state index in [1.165, 1.54) is 24.8 Å². The molecule has 2 N–H and O–H groups in total. The highest BCUT2D eigenvalue weighted by molar-refractivity contribution is 5.50. The third-order valence-electron chi connectivity index (χ3n) is 3.46. The van der Waals surface area contributed by atoms with Crippen molar-refractivity contribution >= 4 is 5.69 Å². The van der Waals surface area contributed by atoms with Crippen LogP contribution in [0.5, 0.6) is 0 Å². The van der Waals surface area contributed by atoms with Gasteiger partial charge in [0.05, 0.1) is 0 Å². The van der Waals surface area contributed by atoms with Gasteiger partial charge in [0.25, 0.3) is 0 Å². The average molecular weight is 173 g/mol. The SMILES string of the molecule is Nc1ccccc1[C@H]1C[C@@H]1C1CC1. The molecule has 2 fully saturated rings. The summed E-state index contributed by atoms with van der Waals surface area (Å²) in [5.74, 6) is 2.82. The highest BCUT2D eigenvalue weighted by atomic mass is 14.6. The number of hydrogen-bond donors (Lipinski definition) is 1. The number of benzene rings is 1. The second kappa shape index (κ2) is 2.50. The lowest BCUT2D eigenvalue weighted by Gasteiger charge is -2.03. The zero-order valence-corrected chi connectivity index (χ0v) is 7.74. The molecule has 0 unspecified atom stereocenters. The van der Waals surface area contributed by atoms with Crippen molar-refractivity contribution < 1.29 is 0 Å². The lowest BCUT2D eigenvalue weighted by molar-refractivity contribution is 0.691. The lowest BCUT2D eigenvalue weighted by atomic mass is 10.1. The zero-order chi connectivity index (χ0) is 8.84. The maximum Gasteiger partial charge on any atom is 0.0349 e. The molecule has 0 aliphatic heterocycles. The van der Waals surface area contributed by atoms with Crippen molar-refractivity contribution in [2.75, 3.05) is 5.73 Å². The van der Waals surface area contributed by atoms with Crippen LogP contribution in [-0.2, 0) is 0 Å². The molecule has 2 saturated carbocycles. The fraction of sp³-hybridized carbons (Fsp3) is 0.500. The van der Waals surface area contributed by atoms with Crippen LogP contribution in [0.25, 0.3) is 0 Å². The Morgan fingerprint density at radius 1 is 1.15 bits per heavy atom. The molecular weight excluding hydrogens is 158 g/mol. The second-order valence-corrected chi connectivity index (χ2v) is 4.47. The van der Waals surface area contributed by atoms with Gasteiger partial charge >= 0.3 is 0 Å². The normalized spacial score (nSPS) is 31.7. The number of para-hydroxylation sites is 1. The molecule has 0 aromatic heterocycles. The van der Waals surface area contributed by atoms with E-state index in [0.29, 0.717) is 0 Å². The molecule has 13 heavy (non-hydrogen) atoms. The van der Waals surface area contributed by atoms with Gasteiger partial charge in [0.15, 0.2) is 0 Å². The Morgan fingerprint density at radius 3 is 2.62 bits per heavy atom. The van der Waals surface area contributed by atoms with Crippen LogP contribution in [0.2, 0.25) is 0 Å². The van der Waals surface area contributed by atoms with Crippen LogP contribution >= 0.6 is 0 Å². The minimum absolute atomic E-state index is 0.800. The Labute approximate surface area is 78.9 Å². The van der Waals surface area contributed by atoms with Gasteiger partial charge in [0, 0.05) is 5.69 Å². The maximum atomic E-state index is 5.94. The van der Waals surface area contributed by atoms with Gasteiger partial charge in [-0.15, -0.1) is 0 Å². The van der Waals surface area contributed by atoms with E-state index in [2.05, 4.69) is 12.1 Å². The summed E-state index contributed by atoms with van der Waals surface area (Å²) in [6, 6.07) is 8.35. The van der Waals surface area contributed by atoms with Crippen molar-refractivity contribution in [1.82, 2.24) is 0 Å². The summed E-state index contributed by atoms with van der Waals surface area (Å²) in [6.45, 7) is 0. The molecule has 1 heteroatoms. The van der Waals surface area contributed by atoms with Crippen LogP contribution in [0.3, 0.4) is 0 Å². The molecular formula is C12H15N. The smallest absolute Gasteiger partial charge is 0.0349 e. The molecule has 0 bridgehead atoms. The predicted molar refractivity (Wildman–Crippen MR) is 54.4 cm³/mol. The van der Waals surface area contributed by atoms with Gasteiger partial charge in [-0.2, -0.15) is 0 Å². The molecule has 1 aromatic carbocycles. The number of nitrogen functional groups attached to an aromatic ring is 1. The zero-order valence-electron chi connectivity index (χ0n) is 7.74. The summed E-state index contributed by atoms with van der Waals surface area (Å²) in [4.78, 5) is 0. The van der Waals surface area contributed by atoms with E-state index in [9.17, 15) is 0 Å². The molecule has 0 heterocycles. The van der Waals surface area contributed by atoms with E-state index >= 15 is 0 Å². The number of anilines is 1. The monoisotopic (exact) mass is 173 g/mol. The largest absolute Gasteiger partial charge is 0.398 e. The lowest BCUT2D eigenvalue weighted by Crippen LogP contribution is -1.93. The van der Waals surface area contributed by atoms with Gasteiger partial charge in [-0.25, -0.2) is 0 Å². The Bertz CT molecular complexity index is 328. The van der Waals surface area contributed by atoms with Gasteiger partial charge in [-0.05, 0) is 48.6 Å². The molecule has 0 amide bonds. The molecule has 0 radical (unpaired) electrons. The fourth-order valence-corrected chi connectivity index (χ4v) is 2.47. The molecule has 0 spiro atoms. The average Bonchev–Trinajstić information content (AvgIpc) is 3.00. The quantitative estimate of drug-likeness (QED) is 0.684. The van der Waals surface area contributed by atoms with Crippen LogP contribution in [0, 0.1) is 11.8 Å². The van der Waals surface area contributed by atoms with Crippen LogP contribution in [-0.4, -0.2) is 0 Å². The highest BCUT2D eigenvalue weighted by Crippen LogP contribution is 2.59. The van der Waals surface area contributed by atoms with E-state index < -0.39 is 0 Å². The second-order valence-electron chi connectivity index (χ2n) is 4.47. The summed E-state index contributed by atoms with van der Waals surface area (Å²) in [6.07, 6.45) is 4.32. The molecule has 0 saturated heterocycles. The molecule has 2 aliphatic carbocycles. The van der Waals surface area contributed by atoms with Gasteiger partial charge in [0.2, 0.25) is 0 Å². The van der Waals surface area contributed by atoms with E-state index in [-0.39, 0.29) is 0 Å². The first-order valence-corrected chi connectivity index (χ1v) is 5.20. The van der Waals surface area contributed by atoms with E-state index in [1.807, 2.05) is 12.1 Å². The van der Waals surface area contributed by atoms with Crippen LogP contribution in [0.4, 0.5) is 5.69 Å². The standard InChI is InChI=1S/C12H15N/c13-12-4-2-1-3-9(12)11-7-10(11)8-5-6-8/h1-4,8,10-11H,5-7,13H2/t10-,11-/m1/s1. The van der Waals surface area contributed by atoms with E-state index in [1.54, 1.807) is 0 Å². The van der Waals surface area contributed by atoms with E-state index in [0.717, 1.165) is 23.4 Å². The Kier molecular flexibility index (Phi) is 1.43. The van der Waals surface area contributed by atoms with Crippen molar-refractivity contribution in [2.45, 2.75) is 25.2 Å². The number of nitrogens with two attached hydrogens (primary N) is 1. The van der Waals surface area contributed by atoms with Crippen molar-refractivity contribution in [1.29, 1.82) is 0 Å². The van der Waals surface area contributed by atoms with Crippen LogP contribution < -0.4 is 5.73 Å². The molecule has 2 atom stereocenters. The summed E-state index contributed by atoms with van der Waals surface area (Å²) >= 11 is 0. The number of hydrogen-bond acceptors (Lipinski definition) is 1. The predicted octanol–water partition coefficient (Wildman–Crippen LogP) is 2.78. The van der Waals surface area contributed by atoms with Gasteiger partial charge in [-0.3, -0.25) is 0 Å². The highest BCUT2D eigenvalue weighted by Gasteiger charge is 2.48. The Morgan fingerprint density at radius 2 is 1.92 bits per heavy atom. The topological polar surface area (TPSA) is 26.0 Å². The van der Waals surface area contributed by atoms with Crippen molar-refractivity contribution in [2.24, 2.45) is 11.8 Å². The first-order chi connectivity index (χ1) is 6.36. The van der Waals surface area contributed by atoms with E-state index in [4.69, 9.17) is 5.73 Å².